The van der Waals surface area contributed by atoms with Crippen LogP contribution in [0.3, 0.4) is 0 Å². The highest BCUT2D eigenvalue weighted by atomic mass is 16.5. The van der Waals surface area contributed by atoms with Crippen molar-refractivity contribution in [3.8, 4) is 17.6 Å². The summed E-state index contributed by atoms with van der Waals surface area (Å²) in [6.07, 6.45) is 0.216. The number of methoxy groups -OCH3 is 2. The van der Waals surface area contributed by atoms with E-state index in [1.807, 2.05) is 19.1 Å². The Morgan fingerprint density at radius 1 is 1.33 bits per heavy atom. The SMILES string of the molecule is COc1cc(C)c(CC(=O)NCC#N)cc1OC. The Kier molecular flexibility index (Phi) is 5.00. The fourth-order valence-electron chi connectivity index (χ4n) is 1.59. The van der Waals surface area contributed by atoms with E-state index in [0.717, 1.165) is 11.1 Å². The van der Waals surface area contributed by atoms with Gasteiger partial charge in [-0.3, -0.25) is 4.79 Å². The number of aryl methyl sites for hydroxylation is 1. The van der Waals surface area contributed by atoms with Crippen molar-refractivity contribution in [3.63, 3.8) is 0 Å². The largest absolute Gasteiger partial charge is 0.493 e. The molecular weight excluding hydrogens is 232 g/mol. The lowest BCUT2D eigenvalue weighted by molar-refractivity contribution is -0.120. The zero-order valence-corrected chi connectivity index (χ0v) is 10.7. The van der Waals surface area contributed by atoms with Crippen LogP contribution in [0.4, 0.5) is 0 Å². The summed E-state index contributed by atoms with van der Waals surface area (Å²) in [5, 5.41) is 10.9. The molecule has 1 N–H and O–H groups in total. The molecule has 0 aliphatic rings. The molecule has 1 rings (SSSR count). The van der Waals surface area contributed by atoms with Gasteiger partial charge in [-0.25, -0.2) is 0 Å². The number of rotatable bonds is 5. The first kappa shape index (κ1) is 13.8. The highest BCUT2D eigenvalue weighted by molar-refractivity contribution is 5.79. The number of benzene rings is 1. The highest BCUT2D eigenvalue weighted by Gasteiger charge is 2.11. The molecule has 1 aromatic carbocycles. The number of carbonyl (C=O) groups excluding carboxylic acids is 1. The van der Waals surface area contributed by atoms with Crippen LogP contribution < -0.4 is 14.8 Å². The first-order valence-electron chi connectivity index (χ1n) is 5.47. The first-order valence-corrected chi connectivity index (χ1v) is 5.47. The third kappa shape index (κ3) is 3.39. The van der Waals surface area contributed by atoms with E-state index in [1.54, 1.807) is 20.3 Å². The molecule has 0 aliphatic heterocycles. The topological polar surface area (TPSA) is 71.3 Å². The van der Waals surface area contributed by atoms with Crippen molar-refractivity contribution >= 4 is 5.91 Å². The van der Waals surface area contributed by atoms with Crippen molar-refractivity contribution < 1.29 is 14.3 Å². The number of nitriles is 1. The molecule has 0 saturated heterocycles. The normalized spacial score (nSPS) is 9.44. The molecule has 0 radical (unpaired) electrons. The average Bonchev–Trinajstić information content (AvgIpc) is 2.38. The van der Waals surface area contributed by atoms with Crippen molar-refractivity contribution in [2.24, 2.45) is 0 Å². The minimum absolute atomic E-state index is 0.0190. The van der Waals surface area contributed by atoms with Gasteiger partial charge in [0.25, 0.3) is 0 Å². The summed E-state index contributed by atoms with van der Waals surface area (Å²) in [4.78, 5) is 11.5. The van der Waals surface area contributed by atoms with Gasteiger partial charge in [-0.15, -0.1) is 0 Å². The summed E-state index contributed by atoms with van der Waals surface area (Å²) in [6, 6.07) is 5.47. The van der Waals surface area contributed by atoms with Gasteiger partial charge in [0.2, 0.25) is 5.91 Å². The molecule has 0 heterocycles. The van der Waals surface area contributed by atoms with E-state index in [0.29, 0.717) is 11.5 Å². The van der Waals surface area contributed by atoms with Gasteiger partial charge >= 0.3 is 0 Å². The lowest BCUT2D eigenvalue weighted by Crippen LogP contribution is -2.25. The van der Waals surface area contributed by atoms with E-state index in [4.69, 9.17) is 14.7 Å². The van der Waals surface area contributed by atoms with Crippen molar-refractivity contribution in [2.45, 2.75) is 13.3 Å². The van der Waals surface area contributed by atoms with E-state index in [2.05, 4.69) is 5.32 Å². The van der Waals surface area contributed by atoms with Crippen LogP contribution >= 0.6 is 0 Å². The van der Waals surface area contributed by atoms with E-state index < -0.39 is 0 Å². The molecule has 0 saturated carbocycles. The molecule has 0 aliphatic carbocycles. The van der Waals surface area contributed by atoms with Crippen LogP contribution in [0.25, 0.3) is 0 Å². The lowest BCUT2D eigenvalue weighted by atomic mass is 10.0. The van der Waals surface area contributed by atoms with Crippen molar-refractivity contribution in [2.75, 3.05) is 20.8 Å². The lowest BCUT2D eigenvalue weighted by Gasteiger charge is -2.12. The summed E-state index contributed by atoms with van der Waals surface area (Å²) >= 11 is 0. The Bertz CT molecular complexity index is 478. The summed E-state index contributed by atoms with van der Waals surface area (Å²) in [5.74, 6) is 1.04. The van der Waals surface area contributed by atoms with Crippen LogP contribution in [0, 0.1) is 18.3 Å². The molecule has 0 spiro atoms. The molecule has 0 unspecified atom stereocenters. The minimum atomic E-state index is -0.188. The van der Waals surface area contributed by atoms with Crippen molar-refractivity contribution in [1.29, 1.82) is 5.26 Å². The standard InChI is InChI=1S/C13H16N2O3/c1-9-6-11(17-2)12(18-3)7-10(9)8-13(16)15-5-4-14/h6-7H,5,8H2,1-3H3,(H,15,16). The van der Waals surface area contributed by atoms with Crippen LogP contribution in [0.5, 0.6) is 11.5 Å². The number of amides is 1. The molecule has 0 atom stereocenters. The molecule has 5 heteroatoms. The fourth-order valence-corrected chi connectivity index (χ4v) is 1.59. The summed E-state index contributed by atoms with van der Waals surface area (Å²) in [6.45, 7) is 1.92. The van der Waals surface area contributed by atoms with E-state index >= 15 is 0 Å². The predicted octanol–water partition coefficient (Wildman–Crippen LogP) is 1.19. The van der Waals surface area contributed by atoms with Gasteiger partial charge in [0.1, 0.15) is 6.54 Å². The van der Waals surface area contributed by atoms with E-state index in [-0.39, 0.29) is 18.9 Å². The number of carbonyl (C=O) groups is 1. The molecule has 0 fully saturated rings. The van der Waals surface area contributed by atoms with Crippen molar-refractivity contribution in [3.05, 3.63) is 23.3 Å². The molecule has 0 aromatic heterocycles. The molecule has 0 bridgehead atoms. The van der Waals surface area contributed by atoms with E-state index in [1.165, 1.54) is 0 Å². The number of ether oxygens (including phenoxy) is 2. The third-order valence-corrected chi connectivity index (χ3v) is 2.56. The molecular formula is C13H16N2O3. The van der Waals surface area contributed by atoms with E-state index in [9.17, 15) is 4.79 Å². The number of hydrogen-bond donors (Lipinski definition) is 1. The highest BCUT2D eigenvalue weighted by Crippen LogP contribution is 2.30. The van der Waals surface area contributed by atoms with Crippen LogP contribution in [-0.2, 0) is 11.2 Å². The number of nitrogens with one attached hydrogen (secondary N) is 1. The number of nitrogens with zero attached hydrogens (tertiary/aromatic N) is 1. The molecule has 18 heavy (non-hydrogen) atoms. The fraction of sp³-hybridized carbons (Fsp3) is 0.385. The summed E-state index contributed by atoms with van der Waals surface area (Å²) < 4.78 is 10.4. The zero-order chi connectivity index (χ0) is 13.5. The van der Waals surface area contributed by atoms with Crippen molar-refractivity contribution in [1.82, 2.24) is 5.32 Å². The second-order valence-corrected chi connectivity index (χ2v) is 3.75. The smallest absolute Gasteiger partial charge is 0.225 e. The molecule has 5 nitrogen and oxygen atoms in total. The van der Waals surface area contributed by atoms with Gasteiger partial charge in [-0.05, 0) is 30.2 Å². The quantitative estimate of drug-likeness (QED) is 0.795. The Labute approximate surface area is 106 Å². The Balaban J connectivity index is 2.89. The van der Waals surface area contributed by atoms with Gasteiger partial charge in [-0.2, -0.15) is 5.26 Å². The first-order chi connectivity index (χ1) is 8.62. The Hall–Kier alpha value is -2.22. The molecule has 1 amide bonds. The van der Waals surface area contributed by atoms with Crippen LogP contribution in [-0.4, -0.2) is 26.7 Å². The second-order valence-electron chi connectivity index (χ2n) is 3.75. The number of hydrogen-bond acceptors (Lipinski definition) is 4. The van der Waals surface area contributed by atoms with Crippen LogP contribution in [0.2, 0.25) is 0 Å². The van der Waals surface area contributed by atoms with Gasteiger partial charge < -0.3 is 14.8 Å². The van der Waals surface area contributed by atoms with Gasteiger partial charge in [0.05, 0.1) is 26.7 Å². The minimum Gasteiger partial charge on any atom is -0.493 e. The Morgan fingerprint density at radius 2 is 1.94 bits per heavy atom. The van der Waals surface area contributed by atoms with Gasteiger partial charge in [0, 0.05) is 0 Å². The monoisotopic (exact) mass is 248 g/mol. The maximum Gasteiger partial charge on any atom is 0.225 e. The summed E-state index contributed by atoms with van der Waals surface area (Å²) in [5.41, 5.74) is 1.79. The van der Waals surface area contributed by atoms with Crippen LogP contribution in [0.1, 0.15) is 11.1 Å². The summed E-state index contributed by atoms with van der Waals surface area (Å²) in [7, 11) is 3.11. The van der Waals surface area contributed by atoms with Crippen LogP contribution in [0.15, 0.2) is 12.1 Å². The van der Waals surface area contributed by atoms with Gasteiger partial charge in [-0.1, -0.05) is 0 Å². The zero-order valence-electron chi connectivity index (χ0n) is 10.7. The maximum atomic E-state index is 11.5. The predicted molar refractivity (Wildman–Crippen MR) is 66.6 cm³/mol. The average molecular weight is 248 g/mol. The Morgan fingerprint density at radius 3 is 2.50 bits per heavy atom. The third-order valence-electron chi connectivity index (χ3n) is 2.56. The van der Waals surface area contributed by atoms with Gasteiger partial charge in [0.15, 0.2) is 11.5 Å². The molecule has 1 aromatic rings. The second kappa shape index (κ2) is 6.50. The molecule has 96 valence electrons. The maximum absolute atomic E-state index is 11.5.